The highest BCUT2D eigenvalue weighted by atomic mass is 16.5. The maximum Gasteiger partial charge on any atom is 0.339 e. The van der Waals surface area contributed by atoms with Crippen LogP contribution in [0.25, 0.3) is 0 Å². The monoisotopic (exact) mass is 265 g/mol. The van der Waals surface area contributed by atoms with Crippen LogP contribution in [0.2, 0.25) is 0 Å². The van der Waals surface area contributed by atoms with Crippen LogP contribution in [0.1, 0.15) is 23.7 Å². The van der Waals surface area contributed by atoms with Crippen molar-refractivity contribution >= 4 is 17.6 Å². The third-order valence-electron chi connectivity index (χ3n) is 3.21. The number of benzene rings is 1. The normalized spacial score (nSPS) is 22.2. The molecule has 1 saturated heterocycles. The van der Waals surface area contributed by atoms with Crippen LogP contribution in [-0.2, 0) is 9.53 Å². The molecule has 0 aliphatic carbocycles. The van der Waals surface area contributed by atoms with Crippen LogP contribution in [0.4, 0.5) is 5.69 Å². The van der Waals surface area contributed by atoms with Gasteiger partial charge in [-0.15, -0.1) is 0 Å². The first kappa shape index (κ1) is 13.4. The number of hydrogen-bond acceptors (Lipinski definition) is 4. The van der Waals surface area contributed by atoms with Crippen molar-refractivity contribution < 1.29 is 24.5 Å². The number of carboxylic acids is 1. The lowest BCUT2D eigenvalue weighted by Crippen LogP contribution is -2.27. The molecule has 0 bridgehead atoms. The number of nitrogens with one attached hydrogen (secondary N) is 1. The summed E-state index contributed by atoms with van der Waals surface area (Å²) in [6.45, 7) is 2.39. The van der Waals surface area contributed by atoms with E-state index < -0.39 is 5.97 Å². The molecule has 1 aliphatic heterocycles. The maximum absolute atomic E-state index is 12.0. The van der Waals surface area contributed by atoms with Gasteiger partial charge in [0.25, 0.3) is 0 Å². The quantitative estimate of drug-likeness (QED) is 0.768. The van der Waals surface area contributed by atoms with Crippen LogP contribution in [0.5, 0.6) is 5.75 Å². The molecule has 1 amide bonds. The minimum atomic E-state index is -1.21. The van der Waals surface area contributed by atoms with Crippen molar-refractivity contribution in [2.45, 2.75) is 19.4 Å². The molecule has 1 fully saturated rings. The molecule has 1 aromatic rings. The highest BCUT2D eigenvalue weighted by molar-refractivity contribution is 5.95. The first-order valence-corrected chi connectivity index (χ1v) is 5.98. The van der Waals surface area contributed by atoms with Gasteiger partial charge >= 0.3 is 5.97 Å². The van der Waals surface area contributed by atoms with Crippen molar-refractivity contribution in [3.8, 4) is 5.75 Å². The molecule has 2 unspecified atom stereocenters. The van der Waals surface area contributed by atoms with E-state index in [0.717, 1.165) is 0 Å². The number of rotatable bonds is 3. The molecular weight excluding hydrogens is 250 g/mol. The van der Waals surface area contributed by atoms with Crippen molar-refractivity contribution in [1.29, 1.82) is 0 Å². The standard InChI is InChI=1S/C13H15NO5/c1-7-9(4-5-19-7)12(16)14-8-2-3-10(13(17)18)11(15)6-8/h2-3,6-7,9,15H,4-5H2,1H3,(H,14,16)(H,17,18). The SMILES string of the molecule is CC1OCCC1C(=O)Nc1ccc(C(=O)O)c(O)c1. The molecule has 2 rings (SSSR count). The Kier molecular flexibility index (Phi) is 3.71. The van der Waals surface area contributed by atoms with Crippen LogP contribution in [0.3, 0.4) is 0 Å². The Balaban J connectivity index is 2.09. The Hall–Kier alpha value is -2.08. The highest BCUT2D eigenvalue weighted by Crippen LogP contribution is 2.25. The molecule has 1 heterocycles. The van der Waals surface area contributed by atoms with Crippen LogP contribution >= 0.6 is 0 Å². The smallest absolute Gasteiger partial charge is 0.339 e. The summed E-state index contributed by atoms with van der Waals surface area (Å²) in [5.41, 5.74) is 0.169. The summed E-state index contributed by atoms with van der Waals surface area (Å²) in [6, 6.07) is 3.92. The molecule has 6 nitrogen and oxygen atoms in total. The van der Waals surface area contributed by atoms with Gasteiger partial charge in [-0.05, 0) is 25.5 Å². The average Bonchev–Trinajstić information content (AvgIpc) is 2.75. The highest BCUT2D eigenvalue weighted by Gasteiger charge is 2.30. The van der Waals surface area contributed by atoms with Gasteiger partial charge in [-0.1, -0.05) is 0 Å². The summed E-state index contributed by atoms with van der Waals surface area (Å²) in [6.07, 6.45) is 0.526. The van der Waals surface area contributed by atoms with Crippen molar-refractivity contribution in [2.75, 3.05) is 11.9 Å². The van der Waals surface area contributed by atoms with Crippen molar-refractivity contribution in [3.63, 3.8) is 0 Å². The second-order valence-corrected chi connectivity index (χ2v) is 4.50. The molecule has 0 radical (unpaired) electrons. The van der Waals surface area contributed by atoms with Crippen molar-refractivity contribution in [1.82, 2.24) is 0 Å². The minimum Gasteiger partial charge on any atom is -0.507 e. The lowest BCUT2D eigenvalue weighted by molar-refractivity contribution is -0.121. The summed E-state index contributed by atoms with van der Waals surface area (Å²) < 4.78 is 5.31. The molecule has 102 valence electrons. The Morgan fingerprint density at radius 1 is 1.42 bits per heavy atom. The van der Waals surface area contributed by atoms with E-state index in [1.165, 1.54) is 18.2 Å². The van der Waals surface area contributed by atoms with Gasteiger partial charge in [-0.2, -0.15) is 0 Å². The fourth-order valence-corrected chi connectivity index (χ4v) is 2.10. The number of carbonyl (C=O) groups is 2. The Morgan fingerprint density at radius 2 is 2.16 bits per heavy atom. The minimum absolute atomic E-state index is 0.133. The number of phenols is 1. The van der Waals surface area contributed by atoms with E-state index in [4.69, 9.17) is 9.84 Å². The van der Waals surface area contributed by atoms with Gasteiger partial charge in [0, 0.05) is 18.4 Å². The van der Waals surface area contributed by atoms with Crippen LogP contribution in [0, 0.1) is 5.92 Å². The number of carboxylic acid groups (broad SMARTS) is 1. The average molecular weight is 265 g/mol. The van der Waals surface area contributed by atoms with Crippen LogP contribution in [0.15, 0.2) is 18.2 Å². The summed E-state index contributed by atoms with van der Waals surface area (Å²) in [5.74, 6) is -2.00. The molecule has 1 aromatic carbocycles. The molecule has 0 saturated carbocycles. The maximum atomic E-state index is 12.0. The molecule has 6 heteroatoms. The first-order valence-electron chi connectivity index (χ1n) is 5.98. The predicted molar refractivity (Wildman–Crippen MR) is 67.2 cm³/mol. The topological polar surface area (TPSA) is 95.9 Å². The van der Waals surface area contributed by atoms with Gasteiger partial charge in [0.1, 0.15) is 11.3 Å². The van der Waals surface area contributed by atoms with Gasteiger partial charge < -0.3 is 20.3 Å². The second kappa shape index (κ2) is 5.27. The van der Waals surface area contributed by atoms with E-state index in [9.17, 15) is 14.7 Å². The van der Waals surface area contributed by atoms with E-state index in [1.807, 2.05) is 6.92 Å². The van der Waals surface area contributed by atoms with E-state index in [2.05, 4.69) is 5.32 Å². The Morgan fingerprint density at radius 3 is 2.68 bits per heavy atom. The zero-order valence-electron chi connectivity index (χ0n) is 10.4. The predicted octanol–water partition coefficient (Wildman–Crippen LogP) is 1.45. The molecule has 2 atom stereocenters. The number of carbonyl (C=O) groups excluding carboxylic acids is 1. The summed E-state index contributed by atoms with van der Waals surface area (Å²) in [4.78, 5) is 22.7. The largest absolute Gasteiger partial charge is 0.507 e. The van der Waals surface area contributed by atoms with Gasteiger partial charge in [-0.25, -0.2) is 4.79 Å². The number of aromatic carboxylic acids is 1. The second-order valence-electron chi connectivity index (χ2n) is 4.50. The lowest BCUT2D eigenvalue weighted by Gasteiger charge is -2.14. The summed E-state index contributed by atoms with van der Waals surface area (Å²) in [7, 11) is 0. The van der Waals surface area contributed by atoms with Gasteiger partial charge in [-0.3, -0.25) is 4.79 Å². The summed E-state index contributed by atoms with van der Waals surface area (Å²) >= 11 is 0. The van der Waals surface area contributed by atoms with Crippen LogP contribution < -0.4 is 5.32 Å². The number of aromatic hydroxyl groups is 1. The number of hydrogen-bond donors (Lipinski definition) is 3. The molecule has 0 aromatic heterocycles. The fraction of sp³-hybridized carbons (Fsp3) is 0.385. The van der Waals surface area contributed by atoms with Crippen molar-refractivity contribution in [2.24, 2.45) is 5.92 Å². The van der Waals surface area contributed by atoms with Crippen molar-refractivity contribution in [3.05, 3.63) is 23.8 Å². The van der Waals surface area contributed by atoms with Crippen LogP contribution in [-0.4, -0.2) is 34.8 Å². The lowest BCUT2D eigenvalue weighted by atomic mass is 10.0. The number of anilines is 1. The van der Waals surface area contributed by atoms with Gasteiger partial charge in [0.05, 0.1) is 12.0 Å². The van der Waals surface area contributed by atoms with E-state index >= 15 is 0 Å². The molecule has 0 spiro atoms. The summed E-state index contributed by atoms with van der Waals surface area (Å²) in [5, 5.41) is 21.0. The number of amides is 1. The Bertz CT molecular complexity index is 514. The zero-order chi connectivity index (χ0) is 14.0. The van der Waals surface area contributed by atoms with E-state index in [1.54, 1.807) is 0 Å². The van der Waals surface area contributed by atoms with Gasteiger partial charge in [0.2, 0.25) is 5.91 Å². The third kappa shape index (κ3) is 2.85. The van der Waals surface area contributed by atoms with E-state index in [0.29, 0.717) is 18.7 Å². The first-order chi connectivity index (χ1) is 8.99. The molecular formula is C13H15NO5. The Labute approximate surface area is 110 Å². The molecule has 19 heavy (non-hydrogen) atoms. The fourth-order valence-electron chi connectivity index (χ4n) is 2.10. The third-order valence-corrected chi connectivity index (χ3v) is 3.21. The van der Waals surface area contributed by atoms with Gasteiger partial charge in [0.15, 0.2) is 0 Å². The molecule has 1 aliphatic rings. The van der Waals surface area contributed by atoms with E-state index in [-0.39, 0.29) is 29.2 Å². The number of ether oxygens (including phenoxy) is 1. The zero-order valence-corrected chi connectivity index (χ0v) is 10.4. The molecule has 3 N–H and O–H groups in total.